The van der Waals surface area contributed by atoms with Gasteiger partial charge in [0.05, 0.1) is 6.61 Å². The van der Waals surface area contributed by atoms with E-state index in [4.69, 9.17) is 14.2 Å². The van der Waals surface area contributed by atoms with Crippen LogP contribution in [0.1, 0.15) is 0 Å². The van der Waals surface area contributed by atoms with Gasteiger partial charge in [0.1, 0.15) is 18.5 Å². The summed E-state index contributed by atoms with van der Waals surface area (Å²) in [6, 6.07) is 9.40. The highest BCUT2D eigenvalue weighted by molar-refractivity contribution is 5.56. The van der Waals surface area contributed by atoms with E-state index in [-0.39, 0.29) is 0 Å². The molecule has 1 aliphatic rings. The molecule has 0 radical (unpaired) electrons. The number of para-hydroxylation sites is 1. The van der Waals surface area contributed by atoms with Crippen LogP contribution >= 0.6 is 0 Å². The van der Waals surface area contributed by atoms with Gasteiger partial charge in [0.2, 0.25) is 0 Å². The molecule has 0 aromatic heterocycles. The maximum absolute atomic E-state index is 10.4. The Balaban J connectivity index is 1.77. The fraction of sp³-hybridized carbons (Fsp3) is 0.364. The first-order valence-electron chi connectivity index (χ1n) is 4.78. The van der Waals surface area contributed by atoms with Crippen LogP contribution in [-0.4, -0.2) is 31.9 Å². The molecular formula is C11H12O4. The van der Waals surface area contributed by atoms with Gasteiger partial charge in [-0.3, -0.25) is 0 Å². The molecule has 0 N–H and O–H groups in total. The van der Waals surface area contributed by atoms with Gasteiger partial charge < -0.3 is 19.0 Å². The highest BCUT2D eigenvalue weighted by Crippen LogP contribution is 2.13. The van der Waals surface area contributed by atoms with Crippen molar-refractivity contribution in [3.8, 4) is 5.75 Å². The second kappa shape index (κ2) is 4.91. The summed E-state index contributed by atoms with van der Waals surface area (Å²) in [6.45, 7) is 0.612. The average molecular weight is 208 g/mol. The van der Waals surface area contributed by atoms with Crippen LogP contribution in [0.2, 0.25) is 0 Å². The molecule has 0 saturated carbocycles. The molecule has 4 nitrogen and oxygen atoms in total. The van der Waals surface area contributed by atoms with E-state index in [9.17, 15) is 4.79 Å². The summed E-state index contributed by atoms with van der Waals surface area (Å²) in [5, 5.41) is 0. The number of carbonyl (C=O) groups excluding carboxylic acids is 1. The van der Waals surface area contributed by atoms with Crippen molar-refractivity contribution < 1.29 is 19.0 Å². The third-order valence-electron chi connectivity index (χ3n) is 2.05. The zero-order valence-electron chi connectivity index (χ0n) is 8.17. The summed E-state index contributed by atoms with van der Waals surface area (Å²) in [6.07, 6.45) is -0.155. The molecule has 0 amide bonds. The second-order valence-electron chi connectivity index (χ2n) is 3.20. The van der Waals surface area contributed by atoms with Gasteiger partial charge in [0.15, 0.2) is 12.6 Å². The van der Waals surface area contributed by atoms with Gasteiger partial charge in [-0.05, 0) is 12.1 Å². The van der Waals surface area contributed by atoms with Gasteiger partial charge >= 0.3 is 0 Å². The number of benzene rings is 1. The van der Waals surface area contributed by atoms with Crippen LogP contribution in [0.25, 0.3) is 0 Å². The Morgan fingerprint density at radius 3 is 2.87 bits per heavy atom. The van der Waals surface area contributed by atoms with Crippen molar-refractivity contribution in [2.24, 2.45) is 0 Å². The van der Waals surface area contributed by atoms with Crippen LogP contribution in [0, 0.1) is 0 Å². The number of hydrogen-bond donors (Lipinski definition) is 0. The lowest BCUT2D eigenvalue weighted by Gasteiger charge is -2.10. The standard InChI is InChI=1S/C11H12O4/c12-6-10-7-14-11(15-10)8-13-9-4-2-1-3-5-9/h1-6,10-11H,7-8H2. The molecule has 0 spiro atoms. The molecule has 2 unspecified atom stereocenters. The van der Waals surface area contributed by atoms with Gasteiger partial charge in [0, 0.05) is 0 Å². The van der Waals surface area contributed by atoms with E-state index in [0.717, 1.165) is 12.0 Å². The molecule has 1 heterocycles. The first kappa shape index (κ1) is 10.1. The third kappa shape index (κ3) is 2.78. The molecule has 2 atom stereocenters. The quantitative estimate of drug-likeness (QED) is 0.692. The van der Waals surface area contributed by atoms with Crippen molar-refractivity contribution in [2.45, 2.75) is 12.4 Å². The first-order chi connectivity index (χ1) is 7.38. The molecule has 80 valence electrons. The second-order valence-corrected chi connectivity index (χ2v) is 3.20. The van der Waals surface area contributed by atoms with Crippen LogP contribution in [0.15, 0.2) is 30.3 Å². The van der Waals surface area contributed by atoms with Crippen LogP contribution in [-0.2, 0) is 14.3 Å². The summed E-state index contributed by atoms with van der Waals surface area (Å²) >= 11 is 0. The van der Waals surface area contributed by atoms with Gasteiger partial charge in [-0.25, -0.2) is 0 Å². The lowest BCUT2D eigenvalue weighted by atomic mass is 10.3. The van der Waals surface area contributed by atoms with Crippen molar-refractivity contribution >= 4 is 6.29 Å². The van der Waals surface area contributed by atoms with E-state index in [1.54, 1.807) is 0 Å². The van der Waals surface area contributed by atoms with E-state index >= 15 is 0 Å². The minimum atomic E-state index is -0.450. The largest absolute Gasteiger partial charge is 0.488 e. The van der Waals surface area contributed by atoms with Gasteiger partial charge in [-0.15, -0.1) is 0 Å². The number of hydrogen-bond acceptors (Lipinski definition) is 4. The Bertz CT molecular complexity index is 312. The van der Waals surface area contributed by atoms with Crippen LogP contribution in [0.4, 0.5) is 0 Å². The fourth-order valence-corrected chi connectivity index (χ4v) is 1.32. The summed E-state index contributed by atoms with van der Waals surface area (Å²) in [4.78, 5) is 10.4. The predicted molar refractivity (Wildman–Crippen MR) is 52.6 cm³/mol. The maximum atomic E-state index is 10.4. The van der Waals surface area contributed by atoms with E-state index in [0.29, 0.717) is 13.2 Å². The zero-order valence-corrected chi connectivity index (χ0v) is 8.17. The Labute approximate surface area is 87.8 Å². The summed E-state index contributed by atoms with van der Waals surface area (Å²) < 4.78 is 15.8. The molecule has 1 fully saturated rings. The Morgan fingerprint density at radius 2 is 2.20 bits per heavy atom. The summed E-state index contributed by atoms with van der Waals surface area (Å²) in [5.41, 5.74) is 0. The number of ether oxygens (including phenoxy) is 3. The molecule has 0 aliphatic carbocycles. The van der Waals surface area contributed by atoms with Crippen molar-refractivity contribution in [2.75, 3.05) is 13.2 Å². The molecule has 15 heavy (non-hydrogen) atoms. The SMILES string of the molecule is O=CC1COC(COc2ccccc2)O1. The van der Waals surface area contributed by atoms with Gasteiger partial charge in [-0.1, -0.05) is 18.2 Å². The van der Waals surface area contributed by atoms with E-state index < -0.39 is 12.4 Å². The minimum absolute atomic E-state index is 0.300. The zero-order chi connectivity index (χ0) is 10.5. The molecular weight excluding hydrogens is 196 g/mol. The molecule has 1 aromatic carbocycles. The van der Waals surface area contributed by atoms with Crippen molar-refractivity contribution in [1.29, 1.82) is 0 Å². The molecule has 1 aromatic rings. The van der Waals surface area contributed by atoms with Gasteiger partial charge in [0.25, 0.3) is 0 Å². The Morgan fingerprint density at radius 1 is 1.40 bits per heavy atom. The monoisotopic (exact) mass is 208 g/mol. The number of aldehydes is 1. The minimum Gasteiger partial charge on any atom is -0.488 e. The average Bonchev–Trinajstić information content (AvgIpc) is 2.76. The summed E-state index contributed by atoms with van der Waals surface area (Å²) in [7, 11) is 0. The normalized spacial score (nSPS) is 25.1. The van der Waals surface area contributed by atoms with E-state index in [1.165, 1.54) is 0 Å². The van der Waals surface area contributed by atoms with Crippen molar-refractivity contribution in [3.05, 3.63) is 30.3 Å². The molecule has 2 rings (SSSR count). The first-order valence-corrected chi connectivity index (χ1v) is 4.78. The van der Waals surface area contributed by atoms with Crippen molar-refractivity contribution in [3.63, 3.8) is 0 Å². The Hall–Kier alpha value is -1.39. The Kier molecular flexibility index (Phi) is 3.32. The van der Waals surface area contributed by atoms with Crippen LogP contribution in [0.3, 0.4) is 0 Å². The molecule has 0 bridgehead atoms. The molecule has 4 heteroatoms. The third-order valence-corrected chi connectivity index (χ3v) is 2.05. The predicted octanol–water partition coefficient (Wildman–Crippen LogP) is 1.01. The van der Waals surface area contributed by atoms with Crippen LogP contribution < -0.4 is 4.74 Å². The van der Waals surface area contributed by atoms with E-state index in [2.05, 4.69) is 0 Å². The van der Waals surface area contributed by atoms with E-state index in [1.807, 2.05) is 30.3 Å². The molecule has 1 aliphatic heterocycles. The summed E-state index contributed by atoms with van der Waals surface area (Å²) in [5.74, 6) is 0.763. The van der Waals surface area contributed by atoms with Gasteiger partial charge in [-0.2, -0.15) is 0 Å². The number of carbonyl (C=O) groups is 1. The highest BCUT2D eigenvalue weighted by atomic mass is 16.7. The van der Waals surface area contributed by atoms with Crippen LogP contribution in [0.5, 0.6) is 5.75 Å². The smallest absolute Gasteiger partial charge is 0.192 e. The topological polar surface area (TPSA) is 44.8 Å². The lowest BCUT2D eigenvalue weighted by Crippen LogP contribution is -2.20. The fourth-order valence-electron chi connectivity index (χ4n) is 1.32. The highest BCUT2D eigenvalue weighted by Gasteiger charge is 2.25. The maximum Gasteiger partial charge on any atom is 0.192 e. The van der Waals surface area contributed by atoms with Crippen molar-refractivity contribution in [1.82, 2.24) is 0 Å². The lowest BCUT2D eigenvalue weighted by molar-refractivity contribution is -0.121. The molecule has 1 saturated heterocycles. The number of rotatable bonds is 4.